The van der Waals surface area contributed by atoms with E-state index >= 15 is 0 Å². The summed E-state index contributed by atoms with van der Waals surface area (Å²) in [6, 6.07) is 0.349. The molecule has 0 aromatic heterocycles. The third-order valence-electron chi connectivity index (χ3n) is 4.98. The van der Waals surface area contributed by atoms with Crippen LogP contribution in [-0.2, 0) is 4.79 Å². The van der Waals surface area contributed by atoms with E-state index in [0.717, 1.165) is 15.9 Å². The van der Waals surface area contributed by atoms with Crippen molar-refractivity contribution >= 4 is 33.6 Å². The normalized spacial score (nSPS) is 40.5. The molecule has 0 aromatic rings. The minimum Gasteiger partial charge on any atom is -0.347 e. The molecule has 2 bridgehead atoms. The highest BCUT2D eigenvalue weighted by atomic mass is 79.9. The number of rotatable bonds is 2. The van der Waals surface area contributed by atoms with Gasteiger partial charge in [-0.1, -0.05) is 40.2 Å². The molecule has 4 heterocycles. The average Bonchev–Trinajstić information content (AvgIpc) is 2.91. The molecule has 1 aliphatic carbocycles. The Hall–Kier alpha value is -0.520. The number of carbonyl (C=O) groups excluding carboxylic acids is 1. The Morgan fingerprint density at radius 2 is 2.14 bits per heavy atom. The van der Waals surface area contributed by atoms with Gasteiger partial charge in [-0.15, -0.1) is 11.8 Å². The molecule has 0 aromatic carbocycles. The van der Waals surface area contributed by atoms with E-state index in [1.54, 1.807) is 11.8 Å². The van der Waals surface area contributed by atoms with E-state index in [2.05, 4.69) is 50.5 Å². The molecule has 3 unspecified atom stereocenters. The quantitative estimate of drug-likeness (QED) is 0.815. The van der Waals surface area contributed by atoms with Crippen molar-refractivity contribution in [3.05, 3.63) is 33.7 Å². The first-order chi connectivity index (χ1) is 10.2. The first-order valence-electron chi connectivity index (χ1n) is 7.66. The van der Waals surface area contributed by atoms with Crippen molar-refractivity contribution in [1.82, 2.24) is 10.2 Å². The molecule has 0 saturated carbocycles. The first-order valence-corrected chi connectivity index (χ1v) is 9.33. The summed E-state index contributed by atoms with van der Waals surface area (Å²) in [5, 5.41) is 3.67. The predicted molar refractivity (Wildman–Crippen MR) is 90.2 cm³/mol. The number of halogens is 1. The fourth-order valence-corrected chi connectivity index (χ4v) is 5.39. The van der Waals surface area contributed by atoms with Crippen molar-refractivity contribution < 1.29 is 4.79 Å². The lowest BCUT2D eigenvalue weighted by molar-refractivity contribution is -0.118. The highest BCUT2D eigenvalue weighted by molar-refractivity contribution is 9.11. The van der Waals surface area contributed by atoms with Crippen molar-refractivity contribution in [3.8, 4) is 0 Å². The summed E-state index contributed by atoms with van der Waals surface area (Å²) in [7, 11) is 0. The van der Waals surface area contributed by atoms with E-state index in [1.807, 2.05) is 0 Å². The van der Waals surface area contributed by atoms with Crippen molar-refractivity contribution in [1.29, 1.82) is 0 Å². The largest absolute Gasteiger partial charge is 0.347 e. The molecule has 21 heavy (non-hydrogen) atoms. The molecule has 3 fully saturated rings. The number of allylic oxidation sites excluding steroid dienone is 4. The summed E-state index contributed by atoms with van der Waals surface area (Å²) in [6.07, 6.45) is 11.0. The monoisotopic (exact) mass is 366 g/mol. The molecule has 112 valence electrons. The van der Waals surface area contributed by atoms with Crippen LogP contribution in [0.25, 0.3) is 0 Å². The van der Waals surface area contributed by atoms with Crippen LogP contribution in [0.15, 0.2) is 33.7 Å². The van der Waals surface area contributed by atoms with Gasteiger partial charge < -0.3 is 10.2 Å². The second kappa shape index (κ2) is 5.60. The maximum absolute atomic E-state index is 12.5. The highest BCUT2D eigenvalue weighted by Gasteiger charge is 2.36. The SMILES string of the molecule is O=C(NC1CN2CCC1CC2)C1=CC2C=C(Br)C=CC2S1. The summed E-state index contributed by atoms with van der Waals surface area (Å²) < 4.78 is 1.11. The number of hydrogen-bond acceptors (Lipinski definition) is 3. The summed E-state index contributed by atoms with van der Waals surface area (Å²) >= 11 is 5.21. The molecule has 3 atom stereocenters. The Kier molecular flexibility index (Phi) is 3.76. The van der Waals surface area contributed by atoms with Crippen molar-refractivity contribution in [2.24, 2.45) is 11.8 Å². The predicted octanol–water partition coefficient (Wildman–Crippen LogP) is 2.66. The zero-order valence-electron chi connectivity index (χ0n) is 11.8. The van der Waals surface area contributed by atoms with Crippen LogP contribution in [0.2, 0.25) is 0 Å². The van der Waals surface area contributed by atoms with Gasteiger partial charge in [-0.25, -0.2) is 0 Å². The molecule has 1 amide bonds. The smallest absolute Gasteiger partial charge is 0.257 e. The van der Waals surface area contributed by atoms with E-state index < -0.39 is 0 Å². The second-order valence-electron chi connectivity index (χ2n) is 6.32. The maximum atomic E-state index is 12.5. The molecule has 3 saturated heterocycles. The Morgan fingerprint density at radius 1 is 1.33 bits per heavy atom. The summed E-state index contributed by atoms with van der Waals surface area (Å²) in [4.78, 5) is 15.9. The molecule has 5 aliphatic rings. The number of hydrogen-bond donors (Lipinski definition) is 1. The molecule has 3 nitrogen and oxygen atoms in total. The van der Waals surface area contributed by atoms with Gasteiger partial charge in [-0.05, 0) is 31.8 Å². The molecule has 5 rings (SSSR count). The lowest BCUT2D eigenvalue weighted by Gasteiger charge is -2.44. The summed E-state index contributed by atoms with van der Waals surface area (Å²) in [6.45, 7) is 3.46. The van der Waals surface area contributed by atoms with Gasteiger partial charge >= 0.3 is 0 Å². The molecule has 1 N–H and O–H groups in total. The number of nitrogens with one attached hydrogen (secondary N) is 1. The number of piperidine rings is 3. The van der Waals surface area contributed by atoms with Crippen molar-refractivity contribution in [3.63, 3.8) is 0 Å². The van der Waals surface area contributed by atoms with E-state index in [0.29, 0.717) is 23.1 Å². The molecule has 4 aliphatic heterocycles. The minimum atomic E-state index is 0.131. The van der Waals surface area contributed by atoms with Crippen LogP contribution >= 0.6 is 27.7 Å². The number of carbonyl (C=O) groups is 1. The summed E-state index contributed by atoms with van der Waals surface area (Å²) in [5.41, 5.74) is 0. The fourth-order valence-electron chi connectivity index (χ4n) is 3.77. The van der Waals surface area contributed by atoms with E-state index in [-0.39, 0.29) is 5.91 Å². The number of fused-ring (bicyclic) bond motifs is 4. The van der Waals surface area contributed by atoms with Crippen LogP contribution in [0.1, 0.15) is 12.8 Å². The third-order valence-corrected chi connectivity index (χ3v) is 6.83. The number of nitrogens with zero attached hydrogens (tertiary/aromatic N) is 1. The topological polar surface area (TPSA) is 32.3 Å². The van der Waals surface area contributed by atoms with E-state index in [1.165, 1.54) is 25.9 Å². The number of thioether (sulfide) groups is 1. The van der Waals surface area contributed by atoms with Gasteiger partial charge in [-0.2, -0.15) is 0 Å². The van der Waals surface area contributed by atoms with Crippen molar-refractivity contribution in [2.45, 2.75) is 24.1 Å². The maximum Gasteiger partial charge on any atom is 0.257 e. The highest BCUT2D eigenvalue weighted by Crippen LogP contribution is 2.41. The van der Waals surface area contributed by atoms with Gasteiger partial charge in [-0.3, -0.25) is 4.79 Å². The molecule has 5 heteroatoms. The van der Waals surface area contributed by atoms with E-state index in [9.17, 15) is 4.79 Å². The van der Waals surface area contributed by atoms with Crippen LogP contribution < -0.4 is 5.32 Å². The Bertz CT molecular complexity index is 548. The van der Waals surface area contributed by atoms with Gasteiger partial charge in [0.1, 0.15) is 0 Å². The number of amides is 1. The van der Waals surface area contributed by atoms with Crippen molar-refractivity contribution in [2.75, 3.05) is 19.6 Å². The Labute approximate surface area is 138 Å². The minimum absolute atomic E-state index is 0.131. The van der Waals surface area contributed by atoms with Crippen LogP contribution in [0, 0.1) is 11.8 Å². The zero-order valence-corrected chi connectivity index (χ0v) is 14.2. The molecule has 0 radical (unpaired) electrons. The molecule has 0 spiro atoms. The van der Waals surface area contributed by atoms with Crippen LogP contribution in [0.3, 0.4) is 0 Å². The van der Waals surface area contributed by atoms with Gasteiger partial charge in [0, 0.05) is 28.2 Å². The van der Waals surface area contributed by atoms with Crippen LogP contribution in [-0.4, -0.2) is 41.7 Å². The Balaban J connectivity index is 1.42. The standard InChI is InChI=1S/C16H19BrN2OS/c17-12-1-2-14-11(7-12)8-15(21-14)16(20)18-13-9-19-5-3-10(13)4-6-19/h1-2,7-8,10-11,13-14H,3-6,9H2,(H,18,20). The lowest BCUT2D eigenvalue weighted by atomic mass is 9.84. The van der Waals surface area contributed by atoms with Gasteiger partial charge in [0.2, 0.25) is 0 Å². The summed E-state index contributed by atoms with van der Waals surface area (Å²) in [5.74, 6) is 1.16. The van der Waals surface area contributed by atoms with Crippen LogP contribution in [0.5, 0.6) is 0 Å². The second-order valence-corrected chi connectivity index (χ2v) is 8.45. The van der Waals surface area contributed by atoms with Crippen LogP contribution in [0.4, 0.5) is 0 Å². The molecular weight excluding hydrogens is 348 g/mol. The zero-order chi connectivity index (χ0) is 14.4. The van der Waals surface area contributed by atoms with Gasteiger partial charge in [0.05, 0.1) is 4.91 Å². The Morgan fingerprint density at radius 3 is 2.86 bits per heavy atom. The average molecular weight is 367 g/mol. The first kappa shape index (κ1) is 14.1. The van der Waals surface area contributed by atoms with Gasteiger partial charge in [0.25, 0.3) is 5.91 Å². The molecular formula is C16H19BrN2OS. The fraction of sp³-hybridized carbons (Fsp3) is 0.562. The van der Waals surface area contributed by atoms with E-state index in [4.69, 9.17) is 0 Å². The third kappa shape index (κ3) is 2.76. The lowest BCUT2D eigenvalue weighted by Crippen LogP contribution is -2.57. The van der Waals surface area contributed by atoms with Gasteiger partial charge in [0.15, 0.2) is 0 Å².